The lowest BCUT2D eigenvalue weighted by atomic mass is 10.1. The third-order valence-electron chi connectivity index (χ3n) is 3.57. The van der Waals surface area contributed by atoms with Crippen molar-refractivity contribution in [3.8, 4) is 5.75 Å². The van der Waals surface area contributed by atoms with Crippen molar-refractivity contribution in [3.63, 3.8) is 0 Å². The average molecular weight is 330 g/mol. The molecule has 3 aromatic rings. The number of aliphatic hydroxyl groups is 1. The molecule has 2 N–H and O–H groups in total. The van der Waals surface area contributed by atoms with Crippen LogP contribution in [0.4, 0.5) is 0 Å². The van der Waals surface area contributed by atoms with Gasteiger partial charge in [-0.1, -0.05) is 48.0 Å². The summed E-state index contributed by atoms with van der Waals surface area (Å²) < 4.78 is 5.85. The van der Waals surface area contributed by atoms with Gasteiger partial charge in [0.25, 0.3) is 0 Å². The van der Waals surface area contributed by atoms with Gasteiger partial charge in [0, 0.05) is 17.9 Å². The molecule has 0 bridgehead atoms. The highest BCUT2D eigenvalue weighted by Crippen LogP contribution is 2.27. The predicted octanol–water partition coefficient (Wildman–Crippen LogP) is 3.21. The van der Waals surface area contributed by atoms with Crippen LogP contribution in [0.2, 0.25) is 0 Å². The van der Waals surface area contributed by atoms with E-state index in [9.17, 15) is 9.90 Å². The summed E-state index contributed by atoms with van der Waals surface area (Å²) in [6.07, 6.45) is 0.295. The van der Waals surface area contributed by atoms with Crippen molar-refractivity contribution in [3.05, 3.63) is 76.1 Å². The molecule has 0 aliphatic rings. The monoisotopic (exact) mass is 329 g/mol. The summed E-state index contributed by atoms with van der Waals surface area (Å²) in [5, 5.41) is 10.2. The zero-order valence-corrected chi connectivity index (χ0v) is 13.1. The molecule has 4 nitrogen and oxygen atoms in total. The Morgan fingerprint density at radius 2 is 1.87 bits per heavy atom. The number of rotatable bonds is 5. The first-order valence-corrected chi connectivity index (χ1v) is 7.71. The van der Waals surface area contributed by atoms with Gasteiger partial charge in [0.2, 0.25) is 5.56 Å². The van der Waals surface area contributed by atoms with Crippen molar-refractivity contribution in [1.29, 1.82) is 0 Å². The molecular formula is C18H16ClNO3. The maximum Gasteiger partial charge on any atom is 0.248 e. The predicted molar refractivity (Wildman–Crippen MR) is 90.9 cm³/mol. The summed E-state index contributed by atoms with van der Waals surface area (Å²) in [5.41, 5.74) is 1.33. The van der Waals surface area contributed by atoms with Gasteiger partial charge in [-0.25, -0.2) is 0 Å². The number of hydrogen-bond acceptors (Lipinski definition) is 3. The normalized spacial score (nSPS) is 12.3. The number of aromatic amines is 1. The molecule has 5 heteroatoms. The molecule has 0 fully saturated rings. The minimum Gasteiger partial charge on any atom is -0.487 e. The van der Waals surface area contributed by atoms with Crippen LogP contribution in [0.15, 0.2) is 59.4 Å². The first kappa shape index (κ1) is 15.6. The summed E-state index contributed by atoms with van der Waals surface area (Å²) in [4.78, 5) is 14.5. The van der Waals surface area contributed by atoms with Gasteiger partial charge in [-0.2, -0.15) is 0 Å². The van der Waals surface area contributed by atoms with Crippen LogP contribution in [-0.2, 0) is 13.0 Å². The van der Waals surface area contributed by atoms with E-state index < -0.39 is 5.56 Å². The minimum atomic E-state index is -0.971. The van der Waals surface area contributed by atoms with E-state index in [0.29, 0.717) is 24.3 Å². The fourth-order valence-electron chi connectivity index (χ4n) is 2.50. The number of ether oxygens (including phenoxy) is 1. The standard InChI is InChI=1S/C18H16ClNO3/c19-16(21)10-13-6-8-15(18-14(13)7-9-17(22)20-18)23-11-12-4-2-1-3-5-12/h1-9,16,21H,10-11H2,(H,20,22). The molecule has 1 atom stereocenters. The number of pyridine rings is 1. The molecule has 0 spiro atoms. The lowest BCUT2D eigenvalue weighted by Gasteiger charge is -2.13. The van der Waals surface area contributed by atoms with E-state index >= 15 is 0 Å². The Bertz CT molecular complexity index is 859. The third kappa shape index (κ3) is 3.73. The van der Waals surface area contributed by atoms with Crippen LogP contribution in [0.5, 0.6) is 5.75 Å². The Morgan fingerprint density at radius 3 is 2.61 bits per heavy atom. The summed E-state index contributed by atoms with van der Waals surface area (Å²) in [7, 11) is 0. The largest absolute Gasteiger partial charge is 0.487 e. The van der Waals surface area contributed by atoms with Crippen molar-refractivity contribution >= 4 is 22.5 Å². The molecule has 1 heterocycles. The summed E-state index contributed by atoms with van der Waals surface area (Å²) in [5.74, 6) is 0.592. The number of nitrogens with one attached hydrogen (secondary N) is 1. The topological polar surface area (TPSA) is 62.3 Å². The summed E-state index contributed by atoms with van der Waals surface area (Å²) in [6.45, 7) is 0.407. The molecule has 0 aliphatic carbocycles. The fraction of sp³-hybridized carbons (Fsp3) is 0.167. The van der Waals surface area contributed by atoms with Crippen LogP contribution in [0, 0.1) is 0 Å². The minimum absolute atomic E-state index is 0.203. The van der Waals surface area contributed by atoms with E-state index in [1.54, 1.807) is 12.1 Å². The Kier molecular flexibility index (Phi) is 4.65. The van der Waals surface area contributed by atoms with Crippen molar-refractivity contribution in [2.24, 2.45) is 0 Å². The highest BCUT2D eigenvalue weighted by molar-refractivity contribution is 6.19. The van der Waals surface area contributed by atoms with Gasteiger partial charge in [-0.05, 0) is 23.3 Å². The first-order valence-electron chi connectivity index (χ1n) is 7.27. The number of benzene rings is 2. The molecule has 23 heavy (non-hydrogen) atoms. The highest BCUT2D eigenvalue weighted by atomic mass is 35.5. The Labute approximate surface area is 138 Å². The van der Waals surface area contributed by atoms with Crippen molar-refractivity contribution in [2.45, 2.75) is 18.6 Å². The number of fused-ring (bicyclic) bond motifs is 1. The van der Waals surface area contributed by atoms with E-state index in [-0.39, 0.29) is 5.56 Å². The molecule has 0 saturated heterocycles. The fourth-order valence-corrected chi connectivity index (χ4v) is 2.67. The quantitative estimate of drug-likeness (QED) is 0.707. The van der Waals surface area contributed by atoms with Crippen LogP contribution < -0.4 is 10.3 Å². The van der Waals surface area contributed by atoms with Crippen LogP contribution in [0.25, 0.3) is 10.9 Å². The molecule has 0 amide bonds. The van der Waals surface area contributed by atoms with Gasteiger partial charge in [0.1, 0.15) is 17.9 Å². The van der Waals surface area contributed by atoms with Gasteiger partial charge in [-0.15, -0.1) is 0 Å². The second-order valence-electron chi connectivity index (χ2n) is 5.25. The average Bonchev–Trinajstić information content (AvgIpc) is 2.54. The van der Waals surface area contributed by atoms with E-state index in [2.05, 4.69) is 4.98 Å². The van der Waals surface area contributed by atoms with Crippen LogP contribution >= 0.6 is 11.6 Å². The summed E-state index contributed by atoms with van der Waals surface area (Å²) in [6, 6.07) is 16.6. The van der Waals surface area contributed by atoms with Gasteiger partial charge in [0.05, 0.1) is 5.52 Å². The van der Waals surface area contributed by atoms with Crippen molar-refractivity contribution in [2.75, 3.05) is 0 Å². The third-order valence-corrected chi connectivity index (χ3v) is 3.73. The molecule has 3 rings (SSSR count). The number of aliphatic hydroxyl groups excluding tert-OH is 1. The van der Waals surface area contributed by atoms with E-state index in [1.165, 1.54) is 6.07 Å². The Hall–Kier alpha value is -2.30. The molecule has 0 aliphatic heterocycles. The van der Waals surface area contributed by atoms with Crippen LogP contribution in [-0.4, -0.2) is 15.7 Å². The Balaban J connectivity index is 1.97. The zero-order valence-electron chi connectivity index (χ0n) is 12.3. The van der Waals surface area contributed by atoms with Crippen molar-refractivity contribution in [1.82, 2.24) is 4.98 Å². The van der Waals surface area contributed by atoms with E-state index in [0.717, 1.165) is 16.5 Å². The van der Waals surface area contributed by atoms with Crippen LogP contribution in [0.1, 0.15) is 11.1 Å². The lowest BCUT2D eigenvalue weighted by Crippen LogP contribution is -2.08. The molecular weight excluding hydrogens is 314 g/mol. The zero-order chi connectivity index (χ0) is 16.2. The number of aromatic nitrogens is 1. The molecule has 118 valence electrons. The lowest BCUT2D eigenvalue weighted by molar-refractivity contribution is 0.257. The van der Waals surface area contributed by atoms with Gasteiger partial charge in [-0.3, -0.25) is 4.79 Å². The second-order valence-corrected chi connectivity index (χ2v) is 5.75. The molecule has 2 aromatic carbocycles. The smallest absolute Gasteiger partial charge is 0.248 e. The number of H-pyrrole nitrogens is 1. The summed E-state index contributed by atoms with van der Waals surface area (Å²) >= 11 is 5.68. The number of alkyl halides is 1. The second kappa shape index (κ2) is 6.86. The molecule has 1 aromatic heterocycles. The van der Waals surface area contributed by atoms with Gasteiger partial charge in [0.15, 0.2) is 0 Å². The molecule has 0 saturated carbocycles. The SMILES string of the molecule is O=c1ccc2c(CC(O)Cl)ccc(OCc3ccccc3)c2[nH]1. The maximum atomic E-state index is 11.7. The number of halogens is 1. The first-order chi connectivity index (χ1) is 11.1. The highest BCUT2D eigenvalue weighted by Gasteiger charge is 2.11. The molecule has 1 unspecified atom stereocenters. The van der Waals surface area contributed by atoms with E-state index in [4.69, 9.17) is 16.3 Å². The van der Waals surface area contributed by atoms with Crippen LogP contribution in [0.3, 0.4) is 0 Å². The van der Waals surface area contributed by atoms with E-state index in [1.807, 2.05) is 36.4 Å². The maximum absolute atomic E-state index is 11.7. The van der Waals surface area contributed by atoms with Gasteiger partial charge >= 0.3 is 0 Å². The van der Waals surface area contributed by atoms with Crippen molar-refractivity contribution < 1.29 is 9.84 Å². The van der Waals surface area contributed by atoms with Gasteiger partial charge < -0.3 is 14.8 Å². The number of hydrogen-bond donors (Lipinski definition) is 2. The Morgan fingerprint density at radius 1 is 1.09 bits per heavy atom. The molecule has 0 radical (unpaired) electrons.